The van der Waals surface area contributed by atoms with Gasteiger partial charge in [-0.15, -0.1) is 0 Å². The molecule has 2 unspecified atom stereocenters. The smallest absolute Gasteiger partial charge is 0.217 e. The summed E-state index contributed by atoms with van der Waals surface area (Å²) in [5.41, 5.74) is 9.88. The lowest BCUT2D eigenvalue weighted by atomic mass is 9.80. The highest BCUT2D eigenvalue weighted by atomic mass is 16.5. The second-order valence-corrected chi connectivity index (χ2v) is 8.19. The Morgan fingerprint density at radius 2 is 2.15 bits per heavy atom. The summed E-state index contributed by atoms with van der Waals surface area (Å²) in [7, 11) is 0. The van der Waals surface area contributed by atoms with E-state index < -0.39 is 5.60 Å². The topological polar surface area (TPSA) is 85.6 Å². The van der Waals surface area contributed by atoms with E-state index in [4.69, 9.17) is 15.2 Å². The number of carbonyl (C=O) groups is 1. The second kappa shape index (κ2) is 10.9. The van der Waals surface area contributed by atoms with E-state index in [0.29, 0.717) is 43.3 Å². The highest BCUT2D eigenvalue weighted by molar-refractivity contribution is 5.73. The molecule has 1 aromatic carbocycles. The largest absolute Gasteiger partial charge is 0.489 e. The number of hydrogen-bond acceptors (Lipinski definition) is 5. The summed E-state index contributed by atoms with van der Waals surface area (Å²) in [6, 6.07) is 8.12. The SMILES string of the molecule is C=C/C=C1\C(=C/C(C)NC(=C)CNC(C)=O)OC/C=C(N)\C=C/CC12OCc1ccccc12. The summed E-state index contributed by atoms with van der Waals surface area (Å²) >= 11 is 0. The lowest BCUT2D eigenvalue weighted by Crippen LogP contribution is -2.33. The molecule has 0 radical (unpaired) electrons. The van der Waals surface area contributed by atoms with Crippen LogP contribution in [-0.4, -0.2) is 25.1 Å². The molecule has 2 aliphatic heterocycles. The van der Waals surface area contributed by atoms with Crippen molar-refractivity contribution in [2.45, 2.75) is 38.5 Å². The molecule has 0 saturated heterocycles. The molecule has 3 rings (SSSR count). The molecular weight excluding hydrogens is 414 g/mol. The Hall–Kier alpha value is -3.51. The third-order valence-corrected chi connectivity index (χ3v) is 5.57. The van der Waals surface area contributed by atoms with Gasteiger partial charge in [-0.25, -0.2) is 0 Å². The van der Waals surface area contributed by atoms with Gasteiger partial charge < -0.3 is 25.8 Å². The van der Waals surface area contributed by atoms with Gasteiger partial charge in [0, 0.05) is 36.4 Å². The molecular formula is C27H33N3O3. The third-order valence-electron chi connectivity index (χ3n) is 5.57. The van der Waals surface area contributed by atoms with E-state index in [9.17, 15) is 4.79 Å². The van der Waals surface area contributed by atoms with Crippen LogP contribution in [-0.2, 0) is 26.5 Å². The molecule has 2 aliphatic rings. The number of benzene rings is 1. The molecule has 0 bridgehead atoms. The molecule has 4 N–H and O–H groups in total. The monoisotopic (exact) mass is 447 g/mol. The van der Waals surface area contributed by atoms with Gasteiger partial charge in [0.25, 0.3) is 0 Å². The fraction of sp³-hybridized carbons (Fsp3) is 0.296. The first-order valence-electron chi connectivity index (χ1n) is 11.1. The molecule has 2 heterocycles. The quantitative estimate of drug-likeness (QED) is 0.617. The molecule has 0 aliphatic carbocycles. The lowest BCUT2D eigenvalue weighted by molar-refractivity contribution is -0.118. The summed E-state index contributed by atoms with van der Waals surface area (Å²) in [5.74, 6) is 0.575. The lowest BCUT2D eigenvalue weighted by Gasteiger charge is -2.33. The minimum atomic E-state index is -0.725. The number of allylic oxidation sites excluding steroid dienone is 3. The van der Waals surface area contributed by atoms with Gasteiger partial charge in [0.1, 0.15) is 18.0 Å². The van der Waals surface area contributed by atoms with E-state index >= 15 is 0 Å². The van der Waals surface area contributed by atoms with E-state index in [1.807, 2.05) is 49.4 Å². The van der Waals surface area contributed by atoms with Gasteiger partial charge in [-0.1, -0.05) is 55.7 Å². The maximum atomic E-state index is 11.2. The summed E-state index contributed by atoms with van der Waals surface area (Å²) in [6.07, 6.45) is 12.1. The zero-order valence-corrected chi connectivity index (χ0v) is 19.4. The molecule has 6 nitrogen and oxygen atoms in total. The third kappa shape index (κ3) is 5.84. The van der Waals surface area contributed by atoms with Crippen LogP contribution < -0.4 is 16.4 Å². The summed E-state index contributed by atoms with van der Waals surface area (Å²) in [6.45, 7) is 12.6. The maximum absolute atomic E-state index is 11.2. The zero-order chi connectivity index (χ0) is 23.8. The molecule has 6 heteroatoms. The van der Waals surface area contributed by atoms with Crippen molar-refractivity contribution in [3.8, 4) is 0 Å². The fourth-order valence-corrected chi connectivity index (χ4v) is 4.10. The first-order chi connectivity index (χ1) is 15.9. The zero-order valence-electron chi connectivity index (χ0n) is 19.4. The molecule has 1 amide bonds. The number of hydrogen-bond donors (Lipinski definition) is 3. The van der Waals surface area contributed by atoms with Crippen LogP contribution in [0.1, 0.15) is 31.4 Å². The number of nitrogens with one attached hydrogen (secondary N) is 2. The molecule has 1 aromatic rings. The number of fused-ring (bicyclic) bond motifs is 2. The number of nitrogens with two attached hydrogens (primary N) is 1. The standard InChI is InChI=1S/C27H33N3O3/c1-5-9-25-26(16-19(2)30-20(3)17-29-21(4)31)32-15-13-23(28)11-8-14-27(25)24-12-7-6-10-22(24)18-33-27/h5-13,16,19,30H,1,3,14-15,17-18,28H2,2,4H3,(H,29,31)/b11-8-,23-13+,25-9+,26-16+. The highest BCUT2D eigenvalue weighted by Gasteiger charge is 2.44. The van der Waals surface area contributed by atoms with Gasteiger partial charge in [0.15, 0.2) is 0 Å². The van der Waals surface area contributed by atoms with Gasteiger partial charge in [-0.05, 0) is 36.3 Å². The number of amides is 1. The van der Waals surface area contributed by atoms with Gasteiger partial charge >= 0.3 is 0 Å². The van der Waals surface area contributed by atoms with Crippen LogP contribution in [0.25, 0.3) is 0 Å². The molecule has 0 fully saturated rings. The van der Waals surface area contributed by atoms with Crippen LogP contribution >= 0.6 is 0 Å². The van der Waals surface area contributed by atoms with Crippen molar-refractivity contribution in [3.63, 3.8) is 0 Å². The van der Waals surface area contributed by atoms with E-state index in [2.05, 4.69) is 35.9 Å². The molecule has 2 atom stereocenters. The Bertz CT molecular complexity index is 1030. The van der Waals surface area contributed by atoms with Crippen molar-refractivity contribution in [2.75, 3.05) is 13.2 Å². The van der Waals surface area contributed by atoms with Crippen LogP contribution in [0.5, 0.6) is 0 Å². The second-order valence-electron chi connectivity index (χ2n) is 8.19. The van der Waals surface area contributed by atoms with Crippen LogP contribution in [0.4, 0.5) is 0 Å². The van der Waals surface area contributed by atoms with Crippen molar-refractivity contribution >= 4 is 5.91 Å². The Balaban J connectivity index is 2.02. The van der Waals surface area contributed by atoms with Gasteiger partial charge in [0.2, 0.25) is 5.91 Å². The maximum Gasteiger partial charge on any atom is 0.217 e. The van der Waals surface area contributed by atoms with Crippen molar-refractivity contribution in [3.05, 3.63) is 108 Å². The van der Waals surface area contributed by atoms with Crippen molar-refractivity contribution in [2.24, 2.45) is 5.73 Å². The van der Waals surface area contributed by atoms with E-state index in [1.165, 1.54) is 6.92 Å². The molecule has 1 spiro atoms. The average molecular weight is 448 g/mol. The van der Waals surface area contributed by atoms with Crippen molar-refractivity contribution in [1.29, 1.82) is 0 Å². The van der Waals surface area contributed by atoms with E-state index in [0.717, 1.165) is 16.7 Å². The van der Waals surface area contributed by atoms with Crippen LogP contribution in [0.2, 0.25) is 0 Å². The summed E-state index contributed by atoms with van der Waals surface area (Å²) in [4.78, 5) is 11.2. The Labute approximate surface area is 196 Å². The Morgan fingerprint density at radius 1 is 1.36 bits per heavy atom. The first kappa shape index (κ1) is 24.1. The fourth-order valence-electron chi connectivity index (χ4n) is 4.10. The van der Waals surface area contributed by atoms with Gasteiger partial charge in [-0.3, -0.25) is 4.79 Å². The number of carbonyl (C=O) groups excluding carboxylic acids is 1. The van der Waals surface area contributed by atoms with Crippen LogP contribution in [0.3, 0.4) is 0 Å². The Morgan fingerprint density at radius 3 is 2.91 bits per heavy atom. The minimum Gasteiger partial charge on any atom is -0.489 e. The number of ether oxygens (including phenoxy) is 2. The average Bonchev–Trinajstić information content (AvgIpc) is 3.14. The Kier molecular flexibility index (Phi) is 7.96. The van der Waals surface area contributed by atoms with Crippen LogP contribution in [0, 0.1) is 0 Å². The minimum absolute atomic E-state index is 0.104. The van der Waals surface area contributed by atoms with Gasteiger partial charge in [0.05, 0.1) is 13.2 Å². The van der Waals surface area contributed by atoms with Gasteiger partial charge in [-0.2, -0.15) is 0 Å². The molecule has 33 heavy (non-hydrogen) atoms. The number of rotatable bonds is 6. The van der Waals surface area contributed by atoms with Crippen molar-refractivity contribution < 1.29 is 14.3 Å². The predicted molar refractivity (Wildman–Crippen MR) is 132 cm³/mol. The van der Waals surface area contributed by atoms with Crippen molar-refractivity contribution in [1.82, 2.24) is 10.6 Å². The highest BCUT2D eigenvalue weighted by Crippen LogP contribution is 2.48. The molecule has 0 saturated carbocycles. The van der Waals surface area contributed by atoms with E-state index in [-0.39, 0.29) is 11.9 Å². The molecule has 174 valence electrons. The summed E-state index contributed by atoms with van der Waals surface area (Å²) < 4.78 is 12.7. The predicted octanol–water partition coefficient (Wildman–Crippen LogP) is 3.86. The normalized spacial score (nSPS) is 25.9. The first-order valence-corrected chi connectivity index (χ1v) is 11.1. The van der Waals surface area contributed by atoms with Crippen LogP contribution in [0.15, 0.2) is 96.6 Å². The molecule has 0 aromatic heterocycles. The summed E-state index contributed by atoms with van der Waals surface area (Å²) in [5, 5.41) is 6.05. The van der Waals surface area contributed by atoms with E-state index in [1.54, 1.807) is 6.08 Å².